The van der Waals surface area contributed by atoms with Crippen LogP contribution in [-0.4, -0.2) is 23.0 Å². The molecule has 2 N–H and O–H groups in total. The Balaban J connectivity index is 1.96. The number of aliphatic carboxylic acids is 1. The summed E-state index contributed by atoms with van der Waals surface area (Å²) in [6.07, 6.45) is 4.43. The van der Waals surface area contributed by atoms with Gasteiger partial charge in [-0.1, -0.05) is 6.42 Å². The van der Waals surface area contributed by atoms with E-state index in [9.17, 15) is 9.59 Å². The van der Waals surface area contributed by atoms with Gasteiger partial charge in [0, 0.05) is 19.4 Å². The lowest BCUT2D eigenvalue weighted by Gasteiger charge is -2.61. The molecule has 1 amide bonds. The summed E-state index contributed by atoms with van der Waals surface area (Å²) < 4.78 is 0. The second kappa shape index (κ2) is 3.51. The molecule has 0 aliphatic heterocycles. The second-order valence-corrected chi connectivity index (χ2v) is 4.87. The Morgan fingerprint density at radius 2 is 2.13 bits per heavy atom. The molecular formula is C11H17NO3. The number of amides is 1. The van der Waals surface area contributed by atoms with Crippen molar-refractivity contribution in [2.75, 3.05) is 0 Å². The summed E-state index contributed by atoms with van der Waals surface area (Å²) in [6.45, 7) is 1.52. The first-order chi connectivity index (χ1) is 7.04. The van der Waals surface area contributed by atoms with Crippen LogP contribution in [-0.2, 0) is 9.59 Å². The Labute approximate surface area is 89.0 Å². The van der Waals surface area contributed by atoms with Crippen molar-refractivity contribution in [1.29, 1.82) is 0 Å². The highest BCUT2D eigenvalue weighted by molar-refractivity contribution is 5.73. The molecule has 4 heteroatoms. The van der Waals surface area contributed by atoms with Crippen LogP contribution in [0.3, 0.4) is 0 Å². The molecule has 0 radical (unpaired) electrons. The molecule has 2 atom stereocenters. The van der Waals surface area contributed by atoms with Crippen molar-refractivity contribution >= 4 is 11.9 Å². The monoisotopic (exact) mass is 211 g/mol. The van der Waals surface area contributed by atoms with Crippen LogP contribution in [0, 0.1) is 11.3 Å². The van der Waals surface area contributed by atoms with Crippen LogP contribution >= 0.6 is 0 Å². The maximum atomic E-state index is 11.0. The molecule has 0 unspecified atom stereocenters. The third kappa shape index (κ3) is 1.62. The van der Waals surface area contributed by atoms with E-state index in [4.69, 9.17) is 5.11 Å². The number of carboxylic acid groups (broad SMARTS) is 1. The molecule has 4 nitrogen and oxygen atoms in total. The van der Waals surface area contributed by atoms with Gasteiger partial charge in [0.1, 0.15) is 0 Å². The van der Waals surface area contributed by atoms with Crippen molar-refractivity contribution in [2.45, 2.75) is 45.1 Å². The zero-order valence-electron chi connectivity index (χ0n) is 8.95. The fraction of sp³-hybridized carbons (Fsp3) is 0.818. The number of hydrogen-bond donors (Lipinski definition) is 2. The fourth-order valence-electron chi connectivity index (χ4n) is 3.17. The summed E-state index contributed by atoms with van der Waals surface area (Å²) in [6, 6.07) is 0.230. The highest BCUT2D eigenvalue weighted by atomic mass is 16.4. The summed E-state index contributed by atoms with van der Waals surface area (Å²) in [5.74, 6) is -0.437. The Morgan fingerprint density at radius 1 is 1.47 bits per heavy atom. The van der Waals surface area contributed by atoms with Crippen LogP contribution in [0.25, 0.3) is 0 Å². The molecule has 2 fully saturated rings. The van der Waals surface area contributed by atoms with E-state index in [0.29, 0.717) is 0 Å². The summed E-state index contributed by atoms with van der Waals surface area (Å²) >= 11 is 0. The topological polar surface area (TPSA) is 66.4 Å². The molecule has 0 aromatic carbocycles. The van der Waals surface area contributed by atoms with Crippen molar-refractivity contribution in [3.8, 4) is 0 Å². The molecule has 0 saturated heterocycles. The first-order valence-electron chi connectivity index (χ1n) is 5.53. The third-order valence-corrected chi connectivity index (χ3v) is 4.11. The predicted octanol–water partition coefficient (Wildman–Crippen LogP) is 1.16. The molecule has 0 bridgehead atoms. The van der Waals surface area contributed by atoms with E-state index in [1.165, 1.54) is 13.3 Å². The molecule has 15 heavy (non-hydrogen) atoms. The van der Waals surface area contributed by atoms with Gasteiger partial charge in [0.2, 0.25) is 5.91 Å². The summed E-state index contributed by atoms with van der Waals surface area (Å²) in [4.78, 5) is 21.6. The van der Waals surface area contributed by atoms with Crippen LogP contribution in [0.1, 0.15) is 39.0 Å². The van der Waals surface area contributed by atoms with Gasteiger partial charge >= 0.3 is 5.97 Å². The van der Waals surface area contributed by atoms with Crippen LogP contribution in [0.15, 0.2) is 0 Å². The van der Waals surface area contributed by atoms with Gasteiger partial charge in [0.05, 0.1) is 0 Å². The zero-order valence-corrected chi connectivity index (χ0v) is 8.95. The maximum absolute atomic E-state index is 11.0. The van der Waals surface area contributed by atoms with Gasteiger partial charge < -0.3 is 10.4 Å². The smallest absolute Gasteiger partial charge is 0.303 e. The van der Waals surface area contributed by atoms with Crippen molar-refractivity contribution in [3.05, 3.63) is 0 Å². The van der Waals surface area contributed by atoms with Crippen molar-refractivity contribution in [1.82, 2.24) is 5.32 Å². The van der Waals surface area contributed by atoms with Gasteiger partial charge in [0.15, 0.2) is 0 Å². The molecule has 1 spiro atoms. The number of nitrogens with one attached hydrogen (secondary N) is 1. The Bertz CT molecular complexity index is 272. The minimum Gasteiger partial charge on any atom is -0.481 e. The maximum Gasteiger partial charge on any atom is 0.303 e. The van der Waals surface area contributed by atoms with E-state index in [0.717, 1.165) is 19.3 Å². The average molecular weight is 211 g/mol. The van der Waals surface area contributed by atoms with E-state index in [1.54, 1.807) is 0 Å². The standard InChI is InChI=1S/C11H17NO3/c1-7(13)12-9-5-8(6-10(14)15)11(9)3-2-4-11/h8-9H,2-6H2,1H3,(H,12,13)(H,14,15)/t8-,9-/m1/s1. The van der Waals surface area contributed by atoms with Crippen molar-refractivity contribution < 1.29 is 14.7 Å². The Kier molecular flexibility index (Phi) is 2.44. The highest BCUT2D eigenvalue weighted by Crippen LogP contribution is 2.60. The van der Waals surface area contributed by atoms with Crippen LogP contribution in [0.5, 0.6) is 0 Å². The minimum absolute atomic E-state index is 0.0000463. The van der Waals surface area contributed by atoms with Gasteiger partial charge in [-0.2, -0.15) is 0 Å². The van der Waals surface area contributed by atoms with Gasteiger partial charge in [-0.05, 0) is 30.6 Å². The van der Waals surface area contributed by atoms with E-state index in [2.05, 4.69) is 5.32 Å². The zero-order chi connectivity index (χ0) is 11.1. The number of carbonyl (C=O) groups excluding carboxylic acids is 1. The third-order valence-electron chi connectivity index (χ3n) is 4.11. The molecule has 84 valence electrons. The van der Waals surface area contributed by atoms with Crippen molar-refractivity contribution in [2.24, 2.45) is 11.3 Å². The summed E-state index contributed by atoms with van der Waals surface area (Å²) in [5.41, 5.74) is 0.129. The molecule has 2 rings (SSSR count). The summed E-state index contributed by atoms with van der Waals surface area (Å²) in [7, 11) is 0. The predicted molar refractivity (Wildman–Crippen MR) is 54.2 cm³/mol. The fourth-order valence-corrected chi connectivity index (χ4v) is 3.17. The first kappa shape index (κ1) is 10.5. The molecule has 2 aliphatic carbocycles. The van der Waals surface area contributed by atoms with Crippen LogP contribution in [0.2, 0.25) is 0 Å². The van der Waals surface area contributed by atoms with E-state index >= 15 is 0 Å². The van der Waals surface area contributed by atoms with Gasteiger partial charge in [-0.3, -0.25) is 9.59 Å². The quantitative estimate of drug-likeness (QED) is 0.736. The van der Waals surface area contributed by atoms with Gasteiger partial charge in [-0.15, -0.1) is 0 Å². The van der Waals surface area contributed by atoms with E-state index < -0.39 is 5.97 Å². The normalized spacial score (nSPS) is 31.5. The molecule has 0 heterocycles. The largest absolute Gasteiger partial charge is 0.481 e. The van der Waals surface area contributed by atoms with Crippen LogP contribution < -0.4 is 5.32 Å². The lowest BCUT2D eigenvalue weighted by molar-refractivity contribution is -0.149. The highest BCUT2D eigenvalue weighted by Gasteiger charge is 2.58. The molecular weight excluding hydrogens is 194 g/mol. The molecule has 0 aromatic heterocycles. The first-order valence-corrected chi connectivity index (χ1v) is 5.53. The van der Waals surface area contributed by atoms with E-state index in [-0.39, 0.29) is 29.7 Å². The average Bonchev–Trinajstić information content (AvgIpc) is 1.96. The molecule has 0 aromatic rings. The van der Waals surface area contributed by atoms with Gasteiger partial charge in [-0.25, -0.2) is 0 Å². The van der Waals surface area contributed by atoms with Crippen LogP contribution in [0.4, 0.5) is 0 Å². The second-order valence-electron chi connectivity index (χ2n) is 4.87. The lowest BCUT2D eigenvalue weighted by atomic mass is 9.46. The lowest BCUT2D eigenvalue weighted by Crippen LogP contribution is -2.64. The number of rotatable bonds is 3. The molecule has 2 saturated carbocycles. The SMILES string of the molecule is CC(=O)N[C@@H]1C[C@H](CC(=O)O)C12CCC2. The Hall–Kier alpha value is -1.06. The van der Waals surface area contributed by atoms with Gasteiger partial charge in [0.25, 0.3) is 0 Å². The number of carbonyl (C=O) groups is 2. The number of hydrogen-bond acceptors (Lipinski definition) is 2. The van der Waals surface area contributed by atoms with E-state index in [1.807, 2.05) is 0 Å². The minimum atomic E-state index is -0.715. The molecule has 2 aliphatic rings. The Morgan fingerprint density at radius 3 is 2.53 bits per heavy atom. The number of carboxylic acids is 1. The van der Waals surface area contributed by atoms with Crippen molar-refractivity contribution in [3.63, 3.8) is 0 Å². The summed E-state index contributed by atoms with van der Waals surface area (Å²) in [5, 5.41) is 11.7.